The van der Waals surface area contributed by atoms with E-state index in [2.05, 4.69) is 9.97 Å². The number of nitrogens with zero attached hydrogens (tertiary/aromatic N) is 8. The van der Waals surface area contributed by atoms with Gasteiger partial charge in [-0.15, -0.1) is 0 Å². The predicted octanol–water partition coefficient (Wildman–Crippen LogP) is 4.82. The summed E-state index contributed by atoms with van der Waals surface area (Å²) in [7, 11) is 0. The molecule has 2 aromatic heterocycles. The van der Waals surface area contributed by atoms with Crippen LogP contribution in [0.1, 0.15) is 158 Å². The molecule has 0 atom stereocenters. The lowest BCUT2D eigenvalue weighted by Gasteiger charge is -2.34. The number of benzene rings is 1. The molecule has 7 rings (SSSR count). The van der Waals surface area contributed by atoms with E-state index in [9.17, 15) is 19.2 Å². The van der Waals surface area contributed by atoms with Crippen LogP contribution in [0.5, 0.6) is 0 Å². The zero-order chi connectivity index (χ0) is 58.3. The summed E-state index contributed by atoms with van der Waals surface area (Å²) in [6, 6.07) is -0.506. The van der Waals surface area contributed by atoms with Crippen LogP contribution in [0.3, 0.4) is 0 Å². The van der Waals surface area contributed by atoms with Gasteiger partial charge in [-0.05, 0) is 63.5 Å². The number of imide groups is 8. The molecule has 22 nitrogen and oxygen atoms in total. The van der Waals surface area contributed by atoms with E-state index in [-0.39, 0.29) is 95.3 Å². The Labute approximate surface area is 464 Å². The van der Waals surface area contributed by atoms with Crippen molar-refractivity contribution < 1.29 is 57.5 Å². The van der Waals surface area contributed by atoms with Crippen molar-refractivity contribution in [3.63, 3.8) is 0 Å². The van der Waals surface area contributed by atoms with Gasteiger partial charge in [0.05, 0.1) is 21.4 Å². The zero-order valence-corrected chi connectivity index (χ0v) is 47.6. The molecule has 4 saturated heterocycles. The lowest BCUT2D eigenvalue weighted by Crippen LogP contribution is -2.58. The highest BCUT2D eigenvalue weighted by molar-refractivity contribution is 6.49. The first kappa shape index (κ1) is 59.9. The fourth-order valence-electron chi connectivity index (χ4n) is 10.4. The summed E-state index contributed by atoms with van der Waals surface area (Å²) in [5.74, 6) is -7.87. The van der Waals surface area contributed by atoms with Gasteiger partial charge in [-0.2, -0.15) is 0 Å². The van der Waals surface area contributed by atoms with Crippen LogP contribution in [-0.2, 0) is 38.4 Å². The molecule has 0 spiro atoms. The highest BCUT2D eigenvalue weighted by atomic mass is 16.2. The fourth-order valence-corrected chi connectivity index (χ4v) is 10.4. The number of aromatic nitrogens is 2. The SMILES string of the molecule is CCCCN1C(=O)C(=c2[nH]c(=C3C(=O)N(CCCC)C(=O)N(CCCC)C3=O)c3cc4c(=C5C(=O)N(CCCC)C(=O)N(CCCC)C5=O)[nH]c(=C5C(=O)N(CCCC)C(=O)N(CCCC)C5=O)c4cc23)C(=O)N(CCCC)C1=O. The number of H-pyrrole nitrogens is 2. The van der Waals surface area contributed by atoms with Crippen molar-refractivity contribution >= 4 is 115 Å². The molecule has 22 heteroatoms. The number of rotatable bonds is 24. The second-order valence-electron chi connectivity index (χ2n) is 20.8. The number of hydrogen-bond donors (Lipinski definition) is 2. The molecule has 4 aliphatic rings. The van der Waals surface area contributed by atoms with Crippen LogP contribution in [-0.4, -0.2) is 173 Å². The average molecular weight is 1110 g/mol. The molecule has 4 fully saturated rings. The molecule has 16 amide bonds. The lowest BCUT2D eigenvalue weighted by molar-refractivity contribution is -0.134. The summed E-state index contributed by atoms with van der Waals surface area (Å²) < 4.78 is 0. The van der Waals surface area contributed by atoms with Gasteiger partial charge in [0.1, 0.15) is 22.3 Å². The molecule has 2 N–H and O–H groups in total. The smallest absolute Gasteiger partial charge is 0.333 e. The van der Waals surface area contributed by atoms with Crippen LogP contribution < -0.4 is 21.4 Å². The van der Waals surface area contributed by atoms with E-state index >= 15 is 38.4 Å². The number of urea groups is 4. The van der Waals surface area contributed by atoms with Crippen molar-refractivity contribution in [1.82, 2.24) is 49.2 Å². The normalized spacial score (nSPS) is 17.2. The number of barbiturate groups is 4. The molecular formula is C58H76N10O12. The molecule has 430 valence electrons. The van der Waals surface area contributed by atoms with Gasteiger partial charge in [0.25, 0.3) is 47.3 Å². The maximum absolute atomic E-state index is 15.0. The average Bonchev–Trinajstić information content (AvgIpc) is 3.97. The topological polar surface area (TPSA) is 262 Å². The monoisotopic (exact) mass is 1100 g/mol. The van der Waals surface area contributed by atoms with E-state index in [0.717, 1.165) is 39.2 Å². The number of nitrogens with one attached hydrogen (secondary N) is 2. The Kier molecular flexibility index (Phi) is 19.5. The maximum atomic E-state index is 15.0. The first-order valence-electron chi connectivity index (χ1n) is 28.9. The van der Waals surface area contributed by atoms with E-state index in [1.165, 1.54) is 12.1 Å². The van der Waals surface area contributed by atoms with Crippen LogP contribution in [0.2, 0.25) is 0 Å². The van der Waals surface area contributed by atoms with Crippen LogP contribution >= 0.6 is 0 Å². The molecule has 3 aromatic rings. The highest BCUT2D eigenvalue weighted by Gasteiger charge is 2.47. The Morgan fingerprint density at radius 2 is 0.388 bits per heavy atom. The van der Waals surface area contributed by atoms with E-state index < -0.39 is 93.7 Å². The Balaban J connectivity index is 1.79. The summed E-state index contributed by atoms with van der Waals surface area (Å²) in [5, 5.41) is -1.14. The Bertz CT molecular complexity index is 2780. The summed E-state index contributed by atoms with van der Waals surface area (Å²) >= 11 is 0. The number of aromatic amines is 2. The van der Waals surface area contributed by atoms with Crippen LogP contribution in [0.15, 0.2) is 12.1 Å². The maximum Gasteiger partial charge on any atom is 0.333 e. The zero-order valence-electron chi connectivity index (χ0n) is 47.6. The second-order valence-corrected chi connectivity index (χ2v) is 20.8. The van der Waals surface area contributed by atoms with Gasteiger partial charge in [-0.25, -0.2) is 19.2 Å². The predicted molar refractivity (Wildman–Crippen MR) is 297 cm³/mol. The molecule has 0 unspecified atom stereocenters. The van der Waals surface area contributed by atoms with Gasteiger partial charge in [-0.1, -0.05) is 107 Å². The first-order chi connectivity index (χ1) is 38.5. The van der Waals surface area contributed by atoms with Crippen molar-refractivity contribution in [2.45, 2.75) is 158 Å². The molecule has 0 saturated carbocycles. The quantitative estimate of drug-likeness (QED) is 0.122. The van der Waals surface area contributed by atoms with Gasteiger partial charge >= 0.3 is 24.1 Å². The molecule has 4 aliphatic heterocycles. The highest BCUT2D eigenvalue weighted by Crippen LogP contribution is 2.28. The molecular weight excluding hydrogens is 1030 g/mol. The van der Waals surface area contributed by atoms with E-state index in [1.807, 2.05) is 55.4 Å². The van der Waals surface area contributed by atoms with Crippen LogP contribution in [0.25, 0.3) is 43.8 Å². The molecule has 80 heavy (non-hydrogen) atoms. The Morgan fingerprint density at radius 3 is 0.512 bits per heavy atom. The number of amides is 16. The minimum absolute atomic E-state index is 0.0323. The Hall–Kier alpha value is -7.78. The van der Waals surface area contributed by atoms with Gasteiger partial charge < -0.3 is 9.97 Å². The molecule has 0 radical (unpaired) electrons. The van der Waals surface area contributed by atoms with Crippen LogP contribution in [0.4, 0.5) is 19.2 Å². The van der Waals surface area contributed by atoms with Crippen molar-refractivity contribution in [1.29, 1.82) is 0 Å². The largest absolute Gasteiger partial charge is 0.353 e. The second kappa shape index (κ2) is 26.0. The van der Waals surface area contributed by atoms with Gasteiger partial charge in [-0.3, -0.25) is 77.6 Å². The van der Waals surface area contributed by atoms with Gasteiger partial charge in [0.2, 0.25) is 0 Å². The van der Waals surface area contributed by atoms with Crippen molar-refractivity contribution in [3.05, 3.63) is 33.5 Å². The molecule has 6 heterocycles. The van der Waals surface area contributed by atoms with E-state index in [4.69, 9.17) is 0 Å². The minimum atomic E-state index is -0.983. The minimum Gasteiger partial charge on any atom is -0.353 e. The first-order valence-corrected chi connectivity index (χ1v) is 28.9. The Morgan fingerprint density at radius 1 is 0.250 bits per heavy atom. The van der Waals surface area contributed by atoms with E-state index in [1.54, 1.807) is 0 Å². The number of fused-ring (bicyclic) bond motifs is 2. The summed E-state index contributed by atoms with van der Waals surface area (Å²) in [6.07, 6.45) is 7.63. The number of unbranched alkanes of at least 4 members (excludes halogenated alkanes) is 8. The third-order valence-electron chi connectivity index (χ3n) is 15.1. The molecule has 0 aliphatic carbocycles. The fraction of sp³-hybridized carbons (Fsp3) is 0.552. The lowest BCUT2D eigenvalue weighted by atomic mass is 10.00. The number of carbonyl (C=O) groups excluding carboxylic acids is 12. The van der Waals surface area contributed by atoms with Gasteiger partial charge in [0.15, 0.2) is 0 Å². The number of carbonyl (C=O) groups is 12. The number of hydrogen-bond acceptors (Lipinski definition) is 12. The standard InChI is InChI=1S/C58H76N10O12/c1-9-17-25-61-47(69)39(48(70)62(55(61)77)26-18-10-2)43-35-33-37-38(34-36(35)44(59-43)40-49(71)63(27-19-11-3)56(78)64(50(40)72)28-20-12-4)46(42-53(75)67(31-23-15-7)58(80)68(54(42)76)32-24-16-8)60-45(37)41-51(73)65(29-21-13-5)57(79)66(52(41)74)30-22-14-6/h33-34,59-60H,9-32H2,1-8H3. The van der Waals surface area contributed by atoms with Crippen molar-refractivity contribution in [2.75, 3.05) is 52.4 Å². The third kappa shape index (κ3) is 10.8. The summed E-state index contributed by atoms with van der Waals surface area (Å²) in [4.78, 5) is 191. The third-order valence-corrected chi connectivity index (χ3v) is 15.1. The van der Waals surface area contributed by atoms with Crippen molar-refractivity contribution in [2.24, 2.45) is 0 Å². The van der Waals surface area contributed by atoms with Gasteiger partial charge in [0, 0.05) is 73.9 Å². The summed E-state index contributed by atoms with van der Waals surface area (Å²) in [6.45, 7) is 14.4. The van der Waals surface area contributed by atoms with Crippen LogP contribution in [0, 0.1) is 0 Å². The van der Waals surface area contributed by atoms with E-state index in [0.29, 0.717) is 103 Å². The molecule has 0 bridgehead atoms. The van der Waals surface area contributed by atoms with Crippen molar-refractivity contribution in [3.8, 4) is 0 Å². The summed E-state index contributed by atoms with van der Waals surface area (Å²) in [5.41, 5.74) is -2.14. The molecule has 1 aromatic carbocycles.